The third-order valence-electron chi connectivity index (χ3n) is 4.46. The number of aromatic nitrogens is 1. The van der Waals surface area contributed by atoms with Gasteiger partial charge in [0.2, 0.25) is 0 Å². The highest BCUT2D eigenvalue weighted by Crippen LogP contribution is 2.29. The summed E-state index contributed by atoms with van der Waals surface area (Å²) in [6, 6.07) is 10.1. The van der Waals surface area contributed by atoms with Gasteiger partial charge in [0, 0.05) is 24.9 Å². The number of pyridine rings is 1. The molecule has 0 aliphatic rings. The van der Waals surface area contributed by atoms with Crippen molar-refractivity contribution in [2.45, 2.75) is 33.1 Å². The first-order valence-electron chi connectivity index (χ1n) is 7.97. The van der Waals surface area contributed by atoms with Gasteiger partial charge in [0.05, 0.1) is 16.7 Å². The Kier molecular flexibility index (Phi) is 3.47. The Bertz CT molecular complexity index is 959. The number of hydrogen-bond donors (Lipinski definition) is 1. The molecular formula is C20H24N2O. The average Bonchev–Trinajstić information content (AvgIpc) is 2.45. The van der Waals surface area contributed by atoms with Gasteiger partial charge in [0.25, 0.3) is 0 Å². The van der Waals surface area contributed by atoms with E-state index in [9.17, 15) is 4.79 Å². The Morgan fingerprint density at radius 2 is 1.65 bits per heavy atom. The van der Waals surface area contributed by atoms with Gasteiger partial charge in [-0.3, -0.25) is 4.79 Å². The van der Waals surface area contributed by atoms with E-state index in [0.29, 0.717) is 0 Å². The zero-order chi connectivity index (χ0) is 16.9. The second-order valence-corrected chi connectivity index (χ2v) is 7.51. The molecule has 0 atom stereocenters. The smallest absolute Gasteiger partial charge is 0.197 e. The minimum atomic E-state index is 0.0526. The van der Waals surface area contributed by atoms with Crippen molar-refractivity contribution >= 4 is 27.5 Å². The molecule has 3 nitrogen and oxygen atoms in total. The number of aryl methyl sites for hydroxylation is 1. The van der Waals surface area contributed by atoms with Gasteiger partial charge in [-0.1, -0.05) is 32.9 Å². The molecule has 0 amide bonds. The zero-order valence-corrected chi connectivity index (χ0v) is 14.7. The molecular weight excluding hydrogens is 284 g/mol. The van der Waals surface area contributed by atoms with Crippen LogP contribution in [0.4, 0.5) is 5.69 Å². The number of anilines is 1. The van der Waals surface area contributed by atoms with Gasteiger partial charge in [-0.15, -0.1) is 0 Å². The van der Waals surface area contributed by atoms with E-state index < -0.39 is 0 Å². The highest BCUT2D eigenvalue weighted by atomic mass is 16.1. The second kappa shape index (κ2) is 5.12. The molecule has 0 fully saturated rings. The van der Waals surface area contributed by atoms with E-state index in [0.717, 1.165) is 33.1 Å². The Hall–Kier alpha value is -2.29. The minimum absolute atomic E-state index is 0.0526. The summed E-state index contributed by atoms with van der Waals surface area (Å²) >= 11 is 0. The number of aromatic amines is 1. The van der Waals surface area contributed by atoms with Crippen LogP contribution >= 0.6 is 0 Å². The van der Waals surface area contributed by atoms with E-state index in [1.165, 1.54) is 5.56 Å². The molecule has 0 radical (unpaired) electrons. The summed E-state index contributed by atoms with van der Waals surface area (Å²) in [5.41, 5.74) is 5.42. The van der Waals surface area contributed by atoms with Crippen LogP contribution in [0.15, 0.2) is 35.1 Å². The van der Waals surface area contributed by atoms with Gasteiger partial charge in [-0.05, 0) is 41.7 Å². The van der Waals surface area contributed by atoms with Crippen LogP contribution in [-0.2, 0) is 5.41 Å². The number of H-pyrrole nitrogens is 1. The summed E-state index contributed by atoms with van der Waals surface area (Å²) in [4.78, 5) is 18.5. The summed E-state index contributed by atoms with van der Waals surface area (Å²) in [6.07, 6.45) is 0. The second-order valence-electron chi connectivity index (χ2n) is 7.51. The summed E-state index contributed by atoms with van der Waals surface area (Å²) in [7, 11) is 4.02. The fourth-order valence-electron chi connectivity index (χ4n) is 3.18. The Labute approximate surface area is 136 Å². The van der Waals surface area contributed by atoms with Crippen molar-refractivity contribution in [1.82, 2.24) is 4.98 Å². The maximum atomic E-state index is 12.9. The monoisotopic (exact) mass is 308 g/mol. The number of nitrogens with zero attached hydrogens (tertiary/aromatic N) is 1. The number of rotatable bonds is 1. The number of benzene rings is 2. The molecule has 3 rings (SSSR count). The van der Waals surface area contributed by atoms with Gasteiger partial charge in [-0.25, -0.2) is 0 Å². The lowest BCUT2D eigenvalue weighted by atomic mass is 9.86. The van der Waals surface area contributed by atoms with Crippen LogP contribution in [0.3, 0.4) is 0 Å². The van der Waals surface area contributed by atoms with E-state index in [4.69, 9.17) is 0 Å². The Morgan fingerprint density at radius 3 is 2.26 bits per heavy atom. The highest BCUT2D eigenvalue weighted by molar-refractivity contribution is 5.99. The lowest BCUT2D eigenvalue weighted by molar-refractivity contribution is 0.591. The number of nitrogens with one attached hydrogen (secondary N) is 1. The van der Waals surface area contributed by atoms with Crippen molar-refractivity contribution in [2.75, 3.05) is 19.0 Å². The predicted octanol–water partition coefficient (Wildman–Crippen LogP) is 4.35. The molecule has 3 heteroatoms. The molecule has 120 valence electrons. The largest absolute Gasteiger partial charge is 0.376 e. The van der Waals surface area contributed by atoms with E-state index in [2.05, 4.69) is 49.7 Å². The third kappa shape index (κ3) is 2.50. The molecule has 0 aliphatic heterocycles. The number of fused-ring (bicyclic) bond motifs is 2. The van der Waals surface area contributed by atoms with E-state index in [1.54, 1.807) is 0 Å². The molecule has 0 aliphatic carbocycles. The van der Waals surface area contributed by atoms with Crippen LogP contribution in [0.2, 0.25) is 0 Å². The first-order valence-corrected chi connectivity index (χ1v) is 7.97. The summed E-state index contributed by atoms with van der Waals surface area (Å²) < 4.78 is 0. The standard InChI is InChI=1S/C20H24N2O/c1-12-7-9-15-17(18(12)22(5)6)21-16-11-13(20(2,3)4)8-10-14(16)19(15)23/h7-11H,1-6H3,(H,21,23). The fraction of sp³-hybridized carbons (Fsp3) is 0.350. The molecule has 0 saturated carbocycles. The molecule has 0 unspecified atom stereocenters. The quantitative estimate of drug-likeness (QED) is 0.678. The van der Waals surface area contributed by atoms with Crippen molar-refractivity contribution in [3.05, 3.63) is 51.7 Å². The first-order chi connectivity index (χ1) is 10.7. The van der Waals surface area contributed by atoms with E-state index >= 15 is 0 Å². The third-order valence-corrected chi connectivity index (χ3v) is 4.46. The highest BCUT2D eigenvalue weighted by Gasteiger charge is 2.16. The predicted molar refractivity (Wildman–Crippen MR) is 99.8 cm³/mol. The van der Waals surface area contributed by atoms with Gasteiger partial charge in [0.1, 0.15) is 0 Å². The van der Waals surface area contributed by atoms with Crippen molar-refractivity contribution < 1.29 is 0 Å². The molecule has 3 aromatic rings. The maximum absolute atomic E-state index is 12.9. The zero-order valence-electron chi connectivity index (χ0n) is 14.7. The van der Waals surface area contributed by atoms with Crippen LogP contribution < -0.4 is 10.3 Å². The number of hydrogen-bond acceptors (Lipinski definition) is 2. The van der Waals surface area contributed by atoms with Gasteiger partial charge < -0.3 is 9.88 Å². The van der Waals surface area contributed by atoms with Crippen LogP contribution in [0.5, 0.6) is 0 Å². The van der Waals surface area contributed by atoms with Crippen LogP contribution in [0, 0.1) is 6.92 Å². The summed E-state index contributed by atoms with van der Waals surface area (Å²) in [5.74, 6) is 0. The minimum Gasteiger partial charge on any atom is -0.376 e. The topological polar surface area (TPSA) is 36.1 Å². The van der Waals surface area contributed by atoms with Crippen molar-refractivity contribution in [1.29, 1.82) is 0 Å². The lowest BCUT2D eigenvalue weighted by Crippen LogP contribution is -2.15. The Balaban J connectivity index is 2.47. The Morgan fingerprint density at radius 1 is 1.00 bits per heavy atom. The molecule has 1 aromatic heterocycles. The fourth-order valence-corrected chi connectivity index (χ4v) is 3.18. The lowest BCUT2D eigenvalue weighted by Gasteiger charge is -2.21. The van der Waals surface area contributed by atoms with Crippen LogP contribution in [0.1, 0.15) is 31.9 Å². The molecule has 1 N–H and O–H groups in total. The van der Waals surface area contributed by atoms with Gasteiger partial charge in [-0.2, -0.15) is 0 Å². The van der Waals surface area contributed by atoms with Crippen molar-refractivity contribution in [2.24, 2.45) is 0 Å². The maximum Gasteiger partial charge on any atom is 0.197 e. The summed E-state index contributed by atoms with van der Waals surface area (Å²) in [6.45, 7) is 8.62. The summed E-state index contributed by atoms with van der Waals surface area (Å²) in [5, 5.41) is 1.49. The SMILES string of the molecule is Cc1ccc2c(=O)c3ccc(C(C)(C)C)cc3[nH]c2c1N(C)C. The molecule has 1 heterocycles. The molecule has 0 bridgehead atoms. The molecule has 2 aromatic carbocycles. The van der Waals surface area contributed by atoms with Crippen LogP contribution in [0.25, 0.3) is 21.8 Å². The van der Waals surface area contributed by atoms with Gasteiger partial charge >= 0.3 is 0 Å². The molecule has 0 spiro atoms. The first kappa shape index (κ1) is 15.6. The average molecular weight is 308 g/mol. The normalized spacial score (nSPS) is 12.1. The molecule has 0 saturated heterocycles. The van der Waals surface area contributed by atoms with Crippen molar-refractivity contribution in [3.63, 3.8) is 0 Å². The van der Waals surface area contributed by atoms with Crippen LogP contribution in [-0.4, -0.2) is 19.1 Å². The van der Waals surface area contributed by atoms with Crippen molar-refractivity contribution in [3.8, 4) is 0 Å². The van der Waals surface area contributed by atoms with Gasteiger partial charge in [0.15, 0.2) is 5.43 Å². The molecule has 23 heavy (non-hydrogen) atoms. The van der Waals surface area contributed by atoms with E-state index in [-0.39, 0.29) is 10.8 Å². The van der Waals surface area contributed by atoms with E-state index in [1.807, 2.05) is 32.3 Å².